The van der Waals surface area contributed by atoms with Crippen molar-refractivity contribution < 1.29 is 4.79 Å². The zero-order valence-electron chi connectivity index (χ0n) is 10.5. The second-order valence-electron chi connectivity index (χ2n) is 5.18. The van der Waals surface area contributed by atoms with Crippen molar-refractivity contribution in [1.29, 1.82) is 0 Å². The van der Waals surface area contributed by atoms with Gasteiger partial charge in [-0.05, 0) is 24.7 Å². The molecule has 0 spiro atoms. The summed E-state index contributed by atoms with van der Waals surface area (Å²) < 4.78 is 0. The summed E-state index contributed by atoms with van der Waals surface area (Å²) in [6, 6.07) is 0. The molecule has 3 heteroatoms. The molecule has 96 valence electrons. The number of hydrogen-bond acceptors (Lipinski definition) is 2. The summed E-state index contributed by atoms with van der Waals surface area (Å²) in [5.41, 5.74) is 1.44. The molecule has 0 radical (unpaired) electrons. The van der Waals surface area contributed by atoms with Crippen molar-refractivity contribution >= 4 is 17.7 Å². The van der Waals surface area contributed by atoms with Crippen molar-refractivity contribution in [1.82, 2.24) is 4.90 Å². The van der Waals surface area contributed by atoms with Crippen LogP contribution in [0.25, 0.3) is 0 Å². The Balaban J connectivity index is 1.53. The average molecular weight is 261 g/mol. The van der Waals surface area contributed by atoms with E-state index in [2.05, 4.69) is 29.7 Å². The summed E-state index contributed by atoms with van der Waals surface area (Å²) >= 11 is 1.89. The number of rotatable bonds is 3. The molecule has 2 nitrogen and oxygen atoms in total. The number of amides is 1. The van der Waals surface area contributed by atoms with E-state index in [4.69, 9.17) is 0 Å². The van der Waals surface area contributed by atoms with Gasteiger partial charge in [-0.2, -0.15) is 0 Å². The number of carbonyl (C=O) groups excluding carboxylic acids is 1. The van der Waals surface area contributed by atoms with Crippen molar-refractivity contribution in [3.05, 3.63) is 35.3 Å². The average Bonchev–Trinajstić information content (AvgIpc) is 3.06. The molecule has 2 atom stereocenters. The molecule has 1 aliphatic carbocycles. The third kappa shape index (κ3) is 2.41. The lowest BCUT2D eigenvalue weighted by molar-refractivity contribution is -0.130. The minimum Gasteiger partial charge on any atom is -0.343 e. The van der Waals surface area contributed by atoms with Crippen LogP contribution in [0, 0.1) is 5.92 Å². The molecular weight excluding hydrogens is 242 g/mol. The quantitative estimate of drug-likeness (QED) is 0.778. The van der Waals surface area contributed by atoms with E-state index in [0.29, 0.717) is 23.5 Å². The maximum atomic E-state index is 12.0. The maximum Gasteiger partial charge on any atom is 0.222 e. The van der Waals surface area contributed by atoms with Crippen LogP contribution in [-0.2, 0) is 4.79 Å². The summed E-state index contributed by atoms with van der Waals surface area (Å²) in [6.45, 7) is 1.95. The second-order valence-corrected chi connectivity index (χ2v) is 6.23. The van der Waals surface area contributed by atoms with Crippen LogP contribution in [0.1, 0.15) is 25.7 Å². The monoisotopic (exact) mass is 261 g/mol. The van der Waals surface area contributed by atoms with Gasteiger partial charge in [0.25, 0.3) is 0 Å². The SMILES string of the molecule is O=C(CCC1=CSC2C=CC=CC12)N1CCCC1. The normalized spacial score (nSPS) is 29.6. The highest BCUT2D eigenvalue weighted by molar-refractivity contribution is 8.03. The molecule has 1 saturated heterocycles. The fourth-order valence-corrected chi connectivity index (χ4v) is 4.12. The Labute approximate surface area is 113 Å². The molecule has 2 aliphatic heterocycles. The highest BCUT2D eigenvalue weighted by Crippen LogP contribution is 2.41. The van der Waals surface area contributed by atoms with Crippen LogP contribution in [0.4, 0.5) is 0 Å². The van der Waals surface area contributed by atoms with Gasteiger partial charge in [-0.3, -0.25) is 4.79 Å². The molecule has 0 saturated carbocycles. The lowest BCUT2D eigenvalue weighted by atomic mass is 9.90. The van der Waals surface area contributed by atoms with E-state index < -0.39 is 0 Å². The Hall–Kier alpha value is -0.960. The largest absolute Gasteiger partial charge is 0.343 e. The summed E-state index contributed by atoms with van der Waals surface area (Å²) in [7, 11) is 0. The molecule has 0 aromatic carbocycles. The number of fused-ring (bicyclic) bond motifs is 1. The predicted octanol–water partition coefficient (Wildman–Crippen LogP) is 3.13. The van der Waals surface area contributed by atoms with Crippen LogP contribution in [-0.4, -0.2) is 29.1 Å². The van der Waals surface area contributed by atoms with Crippen molar-refractivity contribution in [2.45, 2.75) is 30.9 Å². The van der Waals surface area contributed by atoms with Crippen LogP contribution >= 0.6 is 11.8 Å². The Morgan fingerprint density at radius 2 is 2.06 bits per heavy atom. The molecule has 1 fully saturated rings. The van der Waals surface area contributed by atoms with Crippen LogP contribution in [0.2, 0.25) is 0 Å². The fraction of sp³-hybridized carbons (Fsp3) is 0.533. The first-order chi connectivity index (χ1) is 8.84. The fourth-order valence-electron chi connectivity index (χ4n) is 2.90. The number of thioether (sulfide) groups is 1. The van der Waals surface area contributed by atoms with E-state index in [1.54, 1.807) is 0 Å². The Kier molecular flexibility index (Phi) is 3.59. The van der Waals surface area contributed by atoms with Crippen LogP contribution in [0.5, 0.6) is 0 Å². The maximum absolute atomic E-state index is 12.0. The zero-order valence-corrected chi connectivity index (χ0v) is 11.4. The summed E-state index contributed by atoms with van der Waals surface area (Å²) in [5.74, 6) is 0.878. The van der Waals surface area contributed by atoms with Crippen LogP contribution < -0.4 is 0 Å². The molecule has 3 rings (SSSR count). The summed E-state index contributed by atoms with van der Waals surface area (Å²) in [6.07, 6.45) is 12.8. The highest BCUT2D eigenvalue weighted by Gasteiger charge is 2.28. The number of allylic oxidation sites excluding steroid dienone is 4. The van der Waals surface area contributed by atoms with Gasteiger partial charge in [-0.1, -0.05) is 29.9 Å². The Morgan fingerprint density at radius 3 is 2.89 bits per heavy atom. The van der Waals surface area contributed by atoms with Crippen molar-refractivity contribution in [3.63, 3.8) is 0 Å². The molecule has 1 amide bonds. The summed E-state index contributed by atoms with van der Waals surface area (Å²) in [5, 5.41) is 2.85. The van der Waals surface area contributed by atoms with Crippen molar-refractivity contribution in [3.8, 4) is 0 Å². The van der Waals surface area contributed by atoms with Gasteiger partial charge in [-0.25, -0.2) is 0 Å². The van der Waals surface area contributed by atoms with Crippen molar-refractivity contribution in [2.24, 2.45) is 5.92 Å². The van der Waals surface area contributed by atoms with Crippen molar-refractivity contribution in [2.75, 3.05) is 13.1 Å². The van der Waals surface area contributed by atoms with Gasteiger partial charge in [0.2, 0.25) is 5.91 Å². The number of likely N-dealkylation sites (tertiary alicyclic amines) is 1. The van der Waals surface area contributed by atoms with E-state index in [1.165, 1.54) is 18.4 Å². The first-order valence-corrected chi connectivity index (χ1v) is 7.76. The minimum absolute atomic E-state index is 0.345. The number of nitrogens with zero attached hydrogens (tertiary/aromatic N) is 1. The predicted molar refractivity (Wildman–Crippen MR) is 76.3 cm³/mol. The lowest BCUT2D eigenvalue weighted by Crippen LogP contribution is -2.27. The number of hydrogen-bond donors (Lipinski definition) is 0. The van der Waals surface area contributed by atoms with Gasteiger partial charge in [-0.15, -0.1) is 11.8 Å². The standard InChI is InChI=1S/C15H19NOS/c17-15(16-9-3-4-10-16)8-7-12-11-18-14-6-2-1-5-13(12)14/h1-2,5-6,11,13-14H,3-4,7-10H2. The molecule has 2 unspecified atom stereocenters. The topological polar surface area (TPSA) is 20.3 Å². The van der Waals surface area contributed by atoms with Gasteiger partial charge < -0.3 is 4.90 Å². The molecule has 2 heterocycles. The van der Waals surface area contributed by atoms with Gasteiger partial charge in [0, 0.05) is 30.7 Å². The minimum atomic E-state index is 0.345. The highest BCUT2D eigenvalue weighted by atomic mass is 32.2. The first kappa shape index (κ1) is 12.1. The molecular formula is C15H19NOS. The third-order valence-corrected chi connectivity index (χ3v) is 5.18. The smallest absolute Gasteiger partial charge is 0.222 e. The van der Waals surface area contributed by atoms with Gasteiger partial charge >= 0.3 is 0 Å². The van der Waals surface area contributed by atoms with Gasteiger partial charge in [0.15, 0.2) is 0 Å². The molecule has 18 heavy (non-hydrogen) atoms. The van der Waals surface area contributed by atoms with Crippen LogP contribution in [0.15, 0.2) is 35.3 Å². The van der Waals surface area contributed by atoms with E-state index in [-0.39, 0.29) is 0 Å². The molecule has 3 aliphatic rings. The zero-order chi connectivity index (χ0) is 12.4. The summed E-state index contributed by atoms with van der Waals surface area (Å²) in [4.78, 5) is 14.0. The lowest BCUT2D eigenvalue weighted by Gasteiger charge is -2.19. The Morgan fingerprint density at radius 1 is 1.28 bits per heavy atom. The van der Waals surface area contributed by atoms with E-state index in [1.807, 2.05) is 16.7 Å². The van der Waals surface area contributed by atoms with Gasteiger partial charge in [0.1, 0.15) is 0 Å². The van der Waals surface area contributed by atoms with E-state index in [0.717, 1.165) is 19.5 Å². The third-order valence-electron chi connectivity index (χ3n) is 3.98. The molecule has 0 bridgehead atoms. The van der Waals surface area contributed by atoms with Gasteiger partial charge in [0.05, 0.1) is 0 Å². The molecule has 0 aromatic heterocycles. The Bertz CT molecular complexity index is 418. The first-order valence-electron chi connectivity index (χ1n) is 6.82. The number of carbonyl (C=O) groups is 1. The molecule has 0 aromatic rings. The second kappa shape index (κ2) is 5.35. The van der Waals surface area contributed by atoms with E-state index in [9.17, 15) is 4.79 Å². The van der Waals surface area contributed by atoms with Crippen LogP contribution in [0.3, 0.4) is 0 Å². The molecule has 0 N–H and O–H groups in total. The van der Waals surface area contributed by atoms with E-state index >= 15 is 0 Å².